The topological polar surface area (TPSA) is 0 Å². The summed E-state index contributed by atoms with van der Waals surface area (Å²) < 4.78 is 0. The third-order valence-corrected chi connectivity index (χ3v) is 2.51. The van der Waals surface area contributed by atoms with Crippen molar-refractivity contribution in [3.05, 3.63) is 47.5 Å². The molecule has 1 atom stereocenters. The maximum absolute atomic E-state index is 2.26. The molecule has 0 saturated heterocycles. The van der Waals surface area contributed by atoms with Crippen molar-refractivity contribution in [1.82, 2.24) is 0 Å². The summed E-state index contributed by atoms with van der Waals surface area (Å²) in [6.45, 7) is 6.53. The SMILES string of the molecule is C/C=C\C(C)Cc1ccc(CC)cc1. The Morgan fingerprint density at radius 1 is 1.14 bits per heavy atom. The van der Waals surface area contributed by atoms with E-state index in [1.54, 1.807) is 0 Å². The van der Waals surface area contributed by atoms with E-state index in [0.717, 1.165) is 12.8 Å². The second kappa shape index (κ2) is 5.64. The molecule has 0 aromatic heterocycles. The molecule has 0 aliphatic heterocycles. The lowest BCUT2D eigenvalue weighted by Gasteiger charge is -2.06. The molecule has 1 aromatic carbocycles. The third-order valence-electron chi connectivity index (χ3n) is 2.51. The highest BCUT2D eigenvalue weighted by atomic mass is 14.0. The van der Waals surface area contributed by atoms with Crippen molar-refractivity contribution < 1.29 is 0 Å². The van der Waals surface area contributed by atoms with Crippen LogP contribution < -0.4 is 0 Å². The van der Waals surface area contributed by atoms with Crippen LogP contribution in [0.25, 0.3) is 0 Å². The van der Waals surface area contributed by atoms with E-state index >= 15 is 0 Å². The molecule has 1 unspecified atom stereocenters. The van der Waals surface area contributed by atoms with Gasteiger partial charge in [0.1, 0.15) is 0 Å². The standard InChI is InChI=1S/C14H20/c1-4-6-12(3)11-14-9-7-13(5-2)8-10-14/h4,6-10,12H,5,11H2,1-3H3/b6-4-. The Kier molecular flexibility index (Phi) is 4.45. The van der Waals surface area contributed by atoms with Gasteiger partial charge in [0.05, 0.1) is 0 Å². The monoisotopic (exact) mass is 188 g/mol. The summed E-state index contributed by atoms with van der Waals surface area (Å²) in [6, 6.07) is 8.97. The van der Waals surface area contributed by atoms with Crippen LogP contribution in [0.15, 0.2) is 36.4 Å². The Morgan fingerprint density at radius 3 is 2.21 bits per heavy atom. The van der Waals surface area contributed by atoms with E-state index in [0.29, 0.717) is 5.92 Å². The first kappa shape index (κ1) is 11.0. The molecular weight excluding hydrogens is 168 g/mol. The maximum Gasteiger partial charge on any atom is -0.0218 e. The van der Waals surface area contributed by atoms with Gasteiger partial charge in [-0.05, 0) is 36.8 Å². The summed E-state index contributed by atoms with van der Waals surface area (Å²) in [5.41, 5.74) is 2.86. The first-order chi connectivity index (χ1) is 6.76. The fraction of sp³-hybridized carbons (Fsp3) is 0.429. The highest BCUT2D eigenvalue weighted by molar-refractivity contribution is 5.23. The van der Waals surface area contributed by atoms with Crippen molar-refractivity contribution in [3.8, 4) is 0 Å². The normalized spacial score (nSPS) is 13.4. The summed E-state index contributed by atoms with van der Waals surface area (Å²) >= 11 is 0. The van der Waals surface area contributed by atoms with Crippen LogP contribution in [0.2, 0.25) is 0 Å². The molecule has 0 spiro atoms. The van der Waals surface area contributed by atoms with Crippen molar-refractivity contribution >= 4 is 0 Å². The molecule has 1 aromatic rings. The highest BCUT2D eigenvalue weighted by Crippen LogP contribution is 2.11. The van der Waals surface area contributed by atoms with Crippen LogP contribution in [-0.2, 0) is 12.8 Å². The molecule has 0 fully saturated rings. The molecule has 0 bridgehead atoms. The number of aryl methyl sites for hydroxylation is 1. The van der Waals surface area contributed by atoms with E-state index in [1.807, 2.05) is 0 Å². The molecular formula is C14H20. The third kappa shape index (κ3) is 3.37. The number of benzene rings is 1. The lowest BCUT2D eigenvalue weighted by molar-refractivity contribution is 0.722. The molecule has 0 heterocycles. The average Bonchev–Trinajstić information content (AvgIpc) is 2.19. The van der Waals surface area contributed by atoms with E-state index in [2.05, 4.69) is 57.2 Å². The van der Waals surface area contributed by atoms with Gasteiger partial charge in [-0.1, -0.05) is 50.3 Å². The van der Waals surface area contributed by atoms with Crippen molar-refractivity contribution in [2.45, 2.75) is 33.6 Å². The number of allylic oxidation sites excluding steroid dienone is 2. The Bertz CT molecular complexity index is 279. The molecule has 0 nitrogen and oxygen atoms in total. The van der Waals surface area contributed by atoms with E-state index in [1.165, 1.54) is 11.1 Å². The predicted molar refractivity (Wildman–Crippen MR) is 63.5 cm³/mol. The Balaban J connectivity index is 2.59. The predicted octanol–water partition coefficient (Wildman–Crippen LogP) is 4.00. The summed E-state index contributed by atoms with van der Waals surface area (Å²) in [5, 5.41) is 0. The average molecular weight is 188 g/mol. The minimum Gasteiger partial charge on any atom is -0.0914 e. The Hall–Kier alpha value is -1.04. The zero-order chi connectivity index (χ0) is 10.4. The Morgan fingerprint density at radius 2 is 1.71 bits per heavy atom. The van der Waals surface area contributed by atoms with Gasteiger partial charge in [0, 0.05) is 0 Å². The molecule has 0 aliphatic rings. The van der Waals surface area contributed by atoms with E-state index in [9.17, 15) is 0 Å². The highest BCUT2D eigenvalue weighted by Gasteiger charge is 1.98. The minimum atomic E-state index is 0.646. The second-order valence-electron chi connectivity index (χ2n) is 3.88. The number of hydrogen-bond donors (Lipinski definition) is 0. The minimum absolute atomic E-state index is 0.646. The summed E-state index contributed by atoms with van der Waals surface area (Å²) in [6.07, 6.45) is 6.66. The first-order valence-corrected chi connectivity index (χ1v) is 5.47. The molecule has 76 valence electrons. The molecule has 0 heteroatoms. The molecule has 0 aliphatic carbocycles. The lowest BCUT2D eigenvalue weighted by Crippen LogP contribution is -1.95. The van der Waals surface area contributed by atoms with E-state index in [-0.39, 0.29) is 0 Å². The van der Waals surface area contributed by atoms with Crippen LogP contribution in [0.3, 0.4) is 0 Å². The largest absolute Gasteiger partial charge is 0.0914 e. The van der Waals surface area contributed by atoms with Gasteiger partial charge >= 0.3 is 0 Å². The van der Waals surface area contributed by atoms with Crippen molar-refractivity contribution in [1.29, 1.82) is 0 Å². The van der Waals surface area contributed by atoms with Gasteiger partial charge in [-0.2, -0.15) is 0 Å². The molecule has 0 N–H and O–H groups in total. The quantitative estimate of drug-likeness (QED) is 0.626. The van der Waals surface area contributed by atoms with Crippen LogP contribution in [0, 0.1) is 5.92 Å². The van der Waals surface area contributed by atoms with Gasteiger partial charge in [0.15, 0.2) is 0 Å². The second-order valence-corrected chi connectivity index (χ2v) is 3.88. The van der Waals surface area contributed by atoms with Crippen LogP contribution in [0.1, 0.15) is 31.9 Å². The van der Waals surface area contributed by atoms with Crippen LogP contribution >= 0.6 is 0 Å². The van der Waals surface area contributed by atoms with Crippen LogP contribution in [0.4, 0.5) is 0 Å². The number of hydrogen-bond acceptors (Lipinski definition) is 0. The molecule has 0 radical (unpaired) electrons. The molecule has 1 rings (SSSR count). The maximum atomic E-state index is 2.26. The van der Waals surface area contributed by atoms with Crippen LogP contribution in [-0.4, -0.2) is 0 Å². The molecule has 0 amide bonds. The summed E-state index contributed by atoms with van der Waals surface area (Å²) in [7, 11) is 0. The van der Waals surface area contributed by atoms with Crippen molar-refractivity contribution in [3.63, 3.8) is 0 Å². The van der Waals surface area contributed by atoms with Gasteiger partial charge in [-0.25, -0.2) is 0 Å². The Labute approximate surface area is 87.7 Å². The van der Waals surface area contributed by atoms with Gasteiger partial charge in [-0.15, -0.1) is 0 Å². The molecule has 14 heavy (non-hydrogen) atoms. The van der Waals surface area contributed by atoms with Gasteiger partial charge < -0.3 is 0 Å². The molecule has 0 saturated carbocycles. The first-order valence-electron chi connectivity index (χ1n) is 5.47. The summed E-state index contributed by atoms with van der Waals surface area (Å²) in [4.78, 5) is 0. The fourth-order valence-corrected chi connectivity index (χ4v) is 1.68. The fourth-order valence-electron chi connectivity index (χ4n) is 1.68. The van der Waals surface area contributed by atoms with Gasteiger partial charge in [0.2, 0.25) is 0 Å². The van der Waals surface area contributed by atoms with E-state index in [4.69, 9.17) is 0 Å². The van der Waals surface area contributed by atoms with Gasteiger partial charge in [0.25, 0.3) is 0 Å². The van der Waals surface area contributed by atoms with Crippen molar-refractivity contribution in [2.24, 2.45) is 5.92 Å². The van der Waals surface area contributed by atoms with Gasteiger partial charge in [-0.3, -0.25) is 0 Å². The smallest absolute Gasteiger partial charge is 0.0218 e. The zero-order valence-corrected chi connectivity index (χ0v) is 9.46. The van der Waals surface area contributed by atoms with Crippen molar-refractivity contribution in [2.75, 3.05) is 0 Å². The van der Waals surface area contributed by atoms with Crippen LogP contribution in [0.5, 0.6) is 0 Å². The van der Waals surface area contributed by atoms with E-state index < -0.39 is 0 Å². The summed E-state index contributed by atoms with van der Waals surface area (Å²) in [5.74, 6) is 0.646. The zero-order valence-electron chi connectivity index (χ0n) is 9.46. The number of rotatable bonds is 4. The lowest BCUT2D eigenvalue weighted by atomic mass is 9.99.